The first-order valence-corrected chi connectivity index (χ1v) is 9.16. The van der Waals surface area contributed by atoms with Crippen molar-refractivity contribution in [1.29, 1.82) is 0 Å². The number of carbonyl (C=O) groups is 1. The average Bonchev–Trinajstić information content (AvgIpc) is 2.95. The number of aromatic nitrogens is 4. The zero-order valence-electron chi connectivity index (χ0n) is 14.0. The molecule has 0 saturated carbocycles. The second-order valence-corrected chi connectivity index (χ2v) is 7.19. The maximum Gasteiger partial charge on any atom is 0.244 e. The van der Waals surface area contributed by atoms with Crippen molar-refractivity contribution < 1.29 is 4.79 Å². The van der Waals surface area contributed by atoms with E-state index in [1.807, 2.05) is 20.8 Å². The summed E-state index contributed by atoms with van der Waals surface area (Å²) in [6.45, 7) is 8.58. The first-order valence-electron chi connectivity index (χ1n) is 7.61. The monoisotopic (exact) mass is 435 g/mol. The minimum atomic E-state index is -0.375. The summed E-state index contributed by atoms with van der Waals surface area (Å²) in [4.78, 5) is 12.3. The molecule has 1 amide bonds. The molecule has 0 spiro atoms. The van der Waals surface area contributed by atoms with Gasteiger partial charge in [-0.1, -0.05) is 23.2 Å². The molecule has 6 nitrogen and oxygen atoms in total. The van der Waals surface area contributed by atoms with Gasteiger partial charge in [-0.15, -0.1) is 0 Å². The van der Waals surface area contributed by atoms with Crippen LogP contribution in [0.3, 0.4) is 0 Å². The minimum Gasteiger partial charge on any atom is -0.354 e. The van der Waals surface area contributed by atoms with Crippen LogP contribution >= 0.6 is 39.1 Å². The van der Waals surface area contributed by atoms with Crippen molar-refractivity contribution in [3.05, 3.63) is 31.7 Å². The highest BCUT2D eigenvalue weighted by atomic mass is 79.9. The van der Waals surface area contributed by atoms with Gasteiger partial charge in [-0.25, -0.2) is 0 Å². The third-order valence-corrected chi connectivity index (χ3v) is 5.91. The van der Waals surface area contributed by atoms with Gasteiger partial charge < -0.3 is 5.32 Å². The van der Waals surface area contributed by atoms with E-state index >= 15 is 0 Å². The number of aryl methyl sites for hydroxylation is 3. The molecule has 0 aliphatic rings. The van der Waals surface area contributed by atoms with E-state index in [0.29, 0.717) is 35.4 Å². The van der Waals surface area contributed by atoms with Crippen LogP contribution in [0.15, 0.2) is 4.47 Å². The summed E-state index contributed by atoms with van der Waals surface area (Å²) in [5.41, 5.74) is 2.51. The summed E-state index contributed by atoms with van der Waals surface area (Å²) in [7, 11) is 0. The molecular weight excluding hydrogens is 417 g/mol. The molecule has 1 N–H and O–H groups in total. The lowest BCUT2D eigenvalue weighted by Crippen LogP contribution is -2.33. The highest BCUT2D eigenvalue weighted by Crippen LogP contribution is 2.25. The van der Waals surface area contributed by atoms with Crippen molar-refractivity contribution in [3.63, 3.8) is 0 Å². The smallest absolute Gasteiger partial charge is 0.244 e. The number of hydrogen-bond acceptors (Lipinski definition) is 3. The lowest BCUT2D eigenvalue weighted by molar-refractivity contribution is -0.124. The molecule has 2 rings (SSSR count). The number of carbonyl (C=O) groups excluding carboxylic acids is 1. The van der Waals surface area contributed by atoms with Crippen LogP contribution in [-0.4, -0.2) is 32.0 Å². The normalized spacial score (nSPS) is 12.5. The minimum absolute atomic E-state index is 0.0751. The third kappa shape index (κ3) is 3.95. The van der Waals surface area contributed by atoms with Crippen molar-refractivity contribution in [2.45, 2.75) is 46.7 Å². The van der Waals surface area contributed by atoms with Crippen molar-refractivity contribution in [3.8, 4) is 0 Å². The van der Waals surface area contributed by atoms with E-state index < -0.39 is 0 Å². The van der Waals surface area contributed by atoms with Gasteiger partial charge in [0.25, 0.3) is 0 Å². The molecule has 0 fully saturated rings. The molecule has 2 aromatic rings. The molecule has 1 unspecified atom stereocenters. The van der Waals surface area contributed by atoms with Crippen LogP contribution in [0.1, 0.15) is 36.5 Å². The summed E-state index contributed by atoms with van der Waals surface area (Å²) < 4.78 is 4.30. The number of rotatable bonds is 6. The molecule has 0 saturated heterocycles. The Kier molecular flexibility index (Phi) is 6.33. The van der Waals surface area contributed by atoms with Crippen LogP contribution < -0.4 is 5.32 Å². The number of hydrogen-bond donors (Lipinski definition) is 1. The zero-order chi connectivity index (χ0) is 18.0. The first kappa shape index (κ1) is 19.3. The summed E-state index contributed by atoms with van der Waals surface area (Å²) in [5.74, 6) is -0.0751. The van der Waals surface area contributed by atoms with E-state index in [1.165, 1.54) is 0 Å². The molecule has 9 heteroatoms. The van der Waals surface area contributed by atoms with Crippen LogP contribution in [0, 0.1) is 20.8 Å². The Morgan fingerprint density at radius 1 is 1.25 bits per heavy atom. The third-order valence-electron chi connectivity index (χ3n) is 3.83. The van der Waals surface area contributed by atoms with Gasteiger partial charge in [0.2, 0.25) is 5.91 Å². The van der Waals surface area contributed by atoms with Crippen LogP contribution in [0.5, 0.6) is 0 Å². The van der Waals surface area contributed by atoms with Gasteiger partial charge in [0.15, 0.2) is 0 Å². The lowest BCUT2D eigenvalue weighted by Gasteiger charge is -2.14. The van der Waals surface area contributed by atoms with Gasteiger partial charge in [0, 0.05) is 13.1 Å². The summed E-state index contributed by atoms with van der Waals surface area (Å²) in [6.07, 6.45) is 0.705. The molecular formula is C15H20BrCl2N5O. The maximum absolute atomic E-state index is 12.3. The van der Waals surface area contributed by atoms with E-state index in [1.54, 1.807) is 16.3 Å². The fraction of sp³-hybridized carbons (Fsp3) is 0.533. The molecule has 24 heavy (non-hydrogen) atoms. The van der Waals surface area contributed by atoms with Gasteiger partial charge >= 0.3 is 0 Å². The molecule has 0 radical (unpaired) electrons. The van der Waals surface area contributed by atoms with E-state index in [4.69, 9.17) is 23.2 Å². The summed E-state index contributed by atoms with van der Waals surface area (Å²) >= 11 is 15.6. The molecule has 0 aromatic carbocycles. The van der Waals surface area contributed by atoms with Crippen molar-refractivity contribution in [2.24, 2.45) is 0 Å². The SMILES string of the molecule is Cc1nn(CCCNC(=O)C(C)n2nc(C)c(Br)c2C)c(Cl)c1Cl. The van der Waals surface area contributed by atoms with Crippen LogP contribution in [0.25, 0.3) is 0 Å². The number of nitrogens with one attached hydrogen (secondary N) is 1. The molecule has 132 valence electrons. The van der Waals surface area contributed by atoms with E-state index in [-0.39, 0.29) is 11.9 Å². The largest absolute Gasteiger partial charge is 0.354 e. The topological polar surface area (TPSA) is 64.7 Å². The Labute approximate surface area is 159 Å². The number of nitrogens with zero attached hydrogens (tertiary/aromatic N) is 4. The predicted octanol–water partition coefficient (Wildman–Crippen LogP) is 3.84. The fourth-order valence-corrected chi connectivity index (χ4v) is 3.05. The maximum atomic E-state index is 12.3. The first-order chi connectivity index (χ1) is 11.2. The molecule has 2 aromatic heterocycles. The molecule has 1 atom stereocenters. The van der Waals surface area contributed by atoms with Crippen LogP contribution in [-0.2, 0) is 11.3 Å². The number of halogens is 3. The van der Waals surface area contributed by atoms with Crippen LogP contribution in [0.4, 0.5) is 0 Å². The van der Waals surface area contributed by atoms with Gasteiger partial charge in [-0.3, -0.25) is 14.2 Å². The summed E-state index contributed by atoms with van der Waals surface area (Å²) in [5, 5.41) is 12.5. The van der Waals surface area contributed by atoms with Crippen molar-refractivity contribution in [1.82, 2.24) is 24.9 Å². The zero-order valence-corrected chi connectivity index (χ0v) is 17.1. The van der Waals surface area contributed by atoms with E-state index in [2.05, 4.69) is 31.4 Å². The Bertz CT molecular complexity index is 756. The average molecular weight is 437 g/mol. The van der Waals surface area contributed by atoms with Gasteiger partial charge in [-0.05, 0) is 50.0 Å². The predicted molar refractivity (Wildman–Crippen MR) is 98.7 cm³/mol. The molecule has 0 aliphatic heterocycles. The second kappa shape index (κ2) is 7.89. The fourth-order valence-electron chi connectivity index (χ4n) is 2.40. The van der Waals surface area contributed by atoms with Gasteiger partial charge in [0.05, 0.1) is 21.6 Å². The Morgan fingerprint density at radius 3 is 2.42 bits per heavy atom. The molecule has 0 bridgehead atoms. The number of amides is 1. The Hall–Kier alpha value is -1.05. The van der Waals surface area contributed by atoms with E-state index in [9.17, 15) is 4.79 Å². The quantitative estimate of drug-likeness (QED) is 0.699. The van der Waals surface area contributed by atoms with E-state index in [0.717, 1.165) is 15.9 Å². The standard InChI is InChI=1S/C15H20BrCl2N5O/c1-8-12(16)10(3)23(21-8)11(4)15(24)19-6-5-7-22-14(18)13(17)9(2)20-22/h11H,5-7H2,1-4H3,(H,19,24). The highest BCUT2D eigenvalue weighted by Gasteiger charge is 2.20. The Balaban J connectivity index is 1.86. The van der Waals surface area contributed by atoms with Crippen LogP contribution in [0.2, 0.25) is 10.2 Å². The molecule has 2 heterocycles. The molecule has 0 aliphatic carbocycles. The Morgan fingerprint density at radius 2 is 1.92 bits per heavy atom. The summed E-state index contributed by atoms with van der Waals surface area (Å²) in [6, 6.07) is -0.375. The van der Waals surface area contributed by atoms with Crippen molar-refractivity contribution >= 4 is 45.0 Å². The van der Waals surface area contributed by atoms with Gasteiger partial charge in [-0.2, -0.15) is 10.2 Å². The highest BCUT2D eigenvalue weighted by molar-refractivity contribution is 9.10. The van der Waals surface area contributed by atoms with Gasteiger partial charge in [0.1, 0.15) is 16.2 Å². The second-order valence-electron chi connectivity index (χ2n) is 5.66. The lowest BCUT2D eigenvalue weighted by atomic mass is 10.3. The van der Waals surface area contributed by atoms with Crippen molar-refractivity contribution in [2.75, 3.05) is 6.54 Å².